The first-order chi connectivity index (χ1) is 18.2. The molecular weight excluding hydrogens is 470 g/mol. The number of carbonyl (C=O) groups excluding carboxylic acids is 1. The van der Waals surface area contributed by atoms with Gasteiger partial charge in [0, 0.05) is 76.4 Å². The molecule has 0 radical (unpaired) electrons. The number of nitrogens with zero attached hydrogens (tertiary/aromatic N) is 3. The molecule has 37 heavy (non-hydrogen) atoms. The van der Waals surface area contributed by atoms with Gasteiger partial charge in [0.1, 0.15) is 5.69 Å². The van der Waals surface area contributed by atoms with Crippen LogP contribution in [-0.4, -0.2) is 92.8 Å². The average Bonchev–Trinajstić information content (AvgIpc) is 3.55. The minimum Gasteiger partial charge on any atom is -0.385 e. The Morgan fingerprint density at radius 1 is 1.08 bits per heavy atom. The van der Waals surface area contributed by atoms with E-state index in [1.807, 2.05) is 11.1 Å². The van der Waals surface area contributed by atoms with Gasteiger partial charge in [0.2, 0.25) is 5.91 Å². The third kappa shape index (κ3) is 4.18. The van der Waals surface area contributed by atoms with Crippen LogP contribution in [-0.2, 0) is 37.3 Å². The normalized spacial score (nSPS) is 19.2. The standard InChI is InChI=1S/C28H37N5O4/c1-35-12-6-28(7-13-36-2)22-17-23-21(20-5-3-4-19-18-29-31-25(19)26(20)30-23)16-24(22)33(27(28)34)9-8-32-10-14-37-15-11-32/h16-18,30H,3-15H2,1-2H3,(H,29,31). The zero-order valence-electron chi connectivity index (χ0n) is 21.9. The number of benzene rings is 1. The summed E-state index contributed by atoms with van der Waals surface area (Å²) in [5.74, 6) is 0.165. The van der Waals surface area contributed by atoms with Crippen molar-refractivity contribution >= 4 is 22.5 Å². The van der Waals surface area contributed by atoms with Crippen LogP contribution in [0, 0.1) is 0 Å². The second-order valence-corrected chi connectivity index (χ2v) is 10.5. The van der Waals surface area contributed by atoms with Gasteiger partial charge in [-0.05, 0) is 60.9 Å². The summed E-state index contributed by atoms with van der Waals surface area (Å²) in [5, 5.41) is 8.83. The predicted octanol–water partition coefficient (Wildman–Crippen LogP) is 3.04. The van der Waals surface area contributed by atoms with E-state index in [1.165, 1.54) is 16.5 Å². The summed E-state index contributed by atoms with van der Waals surface area (Å²) in [6, 6.07) is 4.49. The number of methoxy groups -OCH3 is 2. The highest BCUT2D eigenvalue weighted by atomic mass is 16.5. The number of anilines is 1. The summed E-state index contributed by atoms with van der Waals surface area (Å²) in [4.78, 5) is 22.4. The summed E-state index contributed by atoms with van der Waals surface area (Å²) in [7, 11) is 3.40. The molecule has 9 nitrogen and oxygen atoms in total. The van der Waals surface area contributed by atoms with Crippen molar-refractivity contribution in [3.8, 4) is 11.4 Å². The molecule has 3 aromatic rings. The van der Waals surface area contributed by atoms with Gasteiger partial charge in [-0.1, -0.05) is 0 Å². The maximum absolute atomic E-state index is 14.3. The summed E-state index contributed by atoms with van der Waals surface area (Å²) in [6.07, 6.45) is 6.36. The van der Waals surface area contributed by atoms with E-state index in [0.717, 1.165) is 80.3 Å². The first-order valence-corrected chi connectivity index (χ1v) is 13.5. The van der Waals surface area contributed by atoms with Gasteiger partial charge in [0.05, 0.1) is 24.3 Å². The van der Waals surface area contributed by atoms with Gasteiger partial charge in [-0.3, -0.25) is 14.8 Å². The summed E-state index contributed by atoms with van der Waals surface area (Å²) >= 11 is 0. The average molecular weight is 508 g/mol. The number of ether oxygens (including phenoxy) is 3. The molecule has 1 amide bonds. The Balaban J connectivity index is 1.46. The minimum atomic E-state index is -0.666. The molecule has 2 aliphatic heterocycles. The van der Waals surface area contributed by atoms with E-state index in [4.69, 9.17) is 14.2 Å². The van der Waals surface area contributed by atoms with Gasteiger partial charge < -0.3 is 24.1 Å². The molecule has 2 aromatic heterocycles. The van der Waals surface area contributed by atoms with Gasteiger partial charge in [0.25, 0.3) is 0 Å². The van der Waals surface area contributed by atoms with Crippen LogP contribution in [0.3, 0.4) is 0 Å². The fourth-order valence-electron chi connectivity index (χ4n) is 6.46. The molecule has 0 spiro atoms. The van der Waals surface area contributed by atoms with Crippen LogP contribution < -0.4 is 4.90 Å². The lowest BCUT2D eigenvalue weighted by Crippen LogP contribution is -2.46. The Morgan fingerprint density at radius 2 is 1.86 bits per heavy atom. The van der Waals surface area contributed by atoms with Crippen molar-refractivity contribution in [2.75, 3.05) is 71.7 Å². The maximum atomic E-state index is 14.3. The van der Waals surface area contributed by atoms with Crippen LogP contribution >= 0.6 is 0 Å². The third-order valence-corrected chi connectivity index (χ3v) is 8.52. The van der Waals surface area contributed by atoms with E-state index in [-0.39, 0.29) is 5.91 Å². The quantitative estimate of drug-likeness (QED) is 0.462. The van der Waals surface area contributed by atoms with Crippen LogP contribution in [0.25, 0.3) is 22.3 Å². The topological polar surface area (TPSA) is 95.7 Å². The maximum Gasteiger partial charge on any atom is 0.237 e. The molecule has 0 unspecified atom stereocenters. The van der Waals surface area contributed by atoms with Crippen LogP contribution in [0.15, 0.2) is 18.3 Å². The second kappa shape index (κ2) is 10.2. The summed E-state index contributed by atoms with van der Waals surface area (Å²) in [6.45, 7) is 5.84. The molecule has 198 valence electrons. The van der Waals surface area contributed by atoms with Crippen molar-refractivity contribution < 1.29 is 19.0 Å². The number of hydrogen-bond acceptors (Lipinski definition) is 6. The van der Waals surface area contributed by atoms with E-state index in [2.05, 4.69) is 32.2 Å². The van der Waals surface area contributed by atoms with Crippen LogP contribution in [0.4, 0.5) is 5.69 Å². The van der Waals surface area contributed by atoms with Gasteiger partial charge >= 0.3 is 0 Å². The highest BCUT2D eigenvalue weighted by Gasteiger charge is 2.50. The molecule has 1 aliphatic carbocycles. The lowest BCUT2D eigenvalue weighted by atomic mass is 9.76. The SMILES string of the molecule is COCCC1(CCOC)C(=O)N(CCN2CCOCC2)c2cc3c4c([nH]c3cc21)-c1n[nH]cc1CCC4. The van der Waals surface area contributed by atoms with E-state index in [9.17, 15) is 4.79 Å². The highest BCUT2D eigenvalue weighted by molar-refractivity contribution is 6.11. The molecule has 1 fully saturated rings. The minimum absolute atomic E-state index is 0.165. The lowest BCUT2D eigenvalue weighted by Gasteiger charge is -2.31. The smallest absolute Gasteiger partial charge is 0.237 e. The third-order valence-electron chi connectivity index (χ3n) is 8.52. The van der Waals surface area contributed by atoms with E-state index in [1.54, 1.807) is 14.2 Å². The van der Waals surface area contributed by atoms with Crippen molar-refractivity contribution in [3.05, 3.63) is 35.0 Å². The van der Waals surface area contributed by atoms with Crippen molar-refractivity contribution in [3.63, 3.8) is 0 Å². The molecule has 0 bridgehead atoms. The largest absolute Gasteiger partial charge is 0.385 e. The zero-order chi connectivity index (χ0) is 25.4. The van der Waals surface area contributed by atoms with Crippen molar-refractivity contribution in [1.82, 2.24) is 20.1 Å². The fourth-order valence-corrected chi connectivity index (χ4v) is 6.46. The van der Waals surface area contributed by atoms with Crippen LogP contribution in [0.5, 0.6) is 0 Å². The summed E-state index contributed by atoms with van der Waals surface area (Å²) < 4.78 is 16.5. The number of rotatable bonds is 9. The van der Waals surface area contributed by atoms with Crippen LogP contribution in [0.2, 0.25) is 0 Å². The Kier molecular flexibility index (Phi) is 6.79. The van der Waals surface area contributed by atoms with Gasteiger partial charge in [0.15, 0.2) is 0 Å². The Morgan fingerprint density at radius 3 is 2.62 bits per heavy atom. The molecule has 9 heteroatoms. The van der Waals surface area contributed by atoms with E-state index < -0.39 is 5.41 Å². The van der Waals surface area contributed by atoms with Crippen molar-refractivity contribution in [2.24, 2.45) is 0 Å². The van der Waals surface area contributed by atoms with E-state index in [0.29, 0.717) is 32.6 Å². The Bertz CT molecular complexity index is 1270. The molecule has 1 saturated heterocycles. The molecule has 1 aromatic carbocycles. The molecule has 6 rings (SSSR count). The van der Waals surface area contributed by atoms with Crippen LogP contribution in [0.1, 0.15) is 36.0 Å². The number of H-pyrrole nitrogens is 2. The first kappa shape index (κ1) is 24.6. The first-order valence-electron chi connectivity index (χ1n) is 13.5. The zero-order valence-corrected chi connectivity index (χ0v) is 21.9. The lowest BCUT2D eigenvalue weighted by molar-refractivity contribution is -0.124. The van der Waals surface area contributed by atoms with Gasteiger partial charge in [-0.2, -0.15) is 5.10 Å². The number of aryl methyl sites for hydroxylation is 2. The van der Waals surface area contributed by atoms with Gasteiger partial charge in [-0.15, -0.1) is 0 Å². The molecule has 0 atom stereocenters. The number of morpholine rings is 1. The van der Waals surface area contributed by atoms with Crippen molar-refractivity contribution in [2.45, 2.75) is 37.5 Å². The van der Waals surface area contributed by atoms with Crippen molar-refractivity contribution in [1.29, 1.82) is 0 Å². The number of nitrogens with one attached hydrogen (secondary N) is 2. The molecule has 3 aliphatic rings. The number of carbonyl (C=O) groups is 1. The number of aromatic amines is 2. The number of aromatic nitrogens is 3. The fraction of sp³-hybridized carbons (Fsp3) is 0.571. The molecule has 4 heterocycles. The molecule has 2 N–H and O–H groups in total. The Labute approximate surface area is 217 Å². The highest BCUT2D eigenvalue weighted by Crippen LogP contribution is 2.49. The monoisotopic (exact) mass is 507 g/mol. The number of fused-ring (bicyclic) bond motifs is 6. The van der Waals surface area contributed by atoms with Gasteiger partial charge in [-0.25, -0.2) is 0 Å². The Hall–Kier alpha value is -2.72. The number of hydrogen-bond donors (Lipinski definition) is 2. The predicted molar refractivity (Wildman–Crippen MR) is 142 cm³/mol. The second-order valence-electron chi connectivity index (χ2n) is 10.5. The molecule has 0 saturated carbocycles. The summed E-state index contributed by atoms with van der Waals surface area (Å²) in [5.41, 5.74) is 7.21. The molecular formula is C28H37N5O4. The number of amides is 1. The van der Waals surface area contributed by atoms with E-state index >= 15 is 0 Å².